The Morgan fingerprint density at radius 3 is 1.80 bits per heavy atom. The van der Waals surface area contributed by atoms with Gasteiger partial charge in [-0.1, -0.05) is 71.9 Å². The molecule has 0 aliphatic rings. The second-order valence-corrected chi connectivity index (χ2v) is 12.8. The van der Waals surface area contributed by atoms with Gasteiger partial charge in [0, 0.05) is 24.7 Å². The molecule has 1 aromatic carbocycles. The van der Waals surface area contributed by atoms with E-state index in [4.69, 9.17) is 10.5 Å². The van der Waals surface area contributed by atoms with Crippen LogP contribution < -0.4 is 27.0 Å². The third-order valence-electron chi connectivity index (χ3n) is 7.34. The van der Waals surface area contributed by atoms with E-state index in [-0.39, 0.29) is 37.0 Å². The Hall–Kier alpha value is -4.26. The number of aromatic nitrogens is 2. The summed E-state index contributed by atoms with van der Waals surface area (Å²) in [4.78, 5) is 72.9. The number of nitrogens with zero attached hydrogens (tertiary/aromatic N) is 1. The number of hydrogen-bond acceptors (Lipinski definition) is 8. The van der Waals surface area contributed by atoms with Gasteiger partial charge in [0.05, 0.1) is 19.5 Å². The molecule has 0 saturated heterocycles. The summed E-state index contributed by atoms with van der Waals surface area (Å²) in [7, 11) is 1.25. The van der Waals surface area contributed by atoms with Crippen LogP contribution >= 0.6 is 0 Å². The van der Waals surface area contributed by atoms with Crippen molar-refractivity contribution >= 4 is 29.6 Å². The Morgan fingerprint density at radius 1 is 0.761 bits per heavy atom. The maximum Gasteiger partial charge on any atom is 0.328 e. The summed E-state index contributed by atoms with van der Waals surface area (Å²) in [5.41, 5.74) is 7.61. The molecule has 2 aromatic rings. The van der Waals surface area contributed by atoms with Crippen molar-refractivity contribution in [3.05, 3.63) is 54.1 Å². The molecule has 13 heteroatoms. The van der Waals surface area contributed by atoms with Gasteiger partial charge in [0.25, 0.3) is 0 Å². The molecular formula is C33H51N7O6. The minimum atomic E-state index is -1.01. The third-order valence-corrected chi connectivity index (χ3v) is 7.34. The Morgan fingerprint density at radius 2 is 1.30 bits per heavy atom. The number of ether oxygens (including phenoxy) is 1. The van der Waals surface area contributed by atoms with Gasteiger partial charge in [-0.3, -0.25) is 19.2 Å². The van der Waals surface area contributed by atoms with E-state index in [0.717, 1.165) is 5.56 Å². The largest absolute Gasteiger partial charge is 0.467 e. The van der Waals surface area contributed by atoms with Crippen LogP contribution in [0.5, 0.6) is 0 Å². The van der Waals surface area contributed by atoms with Crippen LogP contribution in [0.4, 0.5) is 0 Å². The van der Waals surface area contributed by atoms with Gasteiger partial charge < -0.3 is 36.7 Å². The molecule has 1 aromatic heterocycles. The Kier molecular flexibility index (Phi) is 15.4. The summed E-state index contributed by atoms with van der Waals surface area (Å²) in [5.74, 6) is -3.05. The number of imidazole rings is 1. The molecule has 0 aliphatic heterocycles. The minimum absolute atomic E-state index is 0.0120. The summed E-state index contributed by atoms with van der Waals surface area (Å²) in [6.07, 6.45) is 4.08. The number of rotatable bonds is 18. The molecule has 46 heavy (non-hydrogen) atoms. The molecule has 254 valence electrons. The van der Waals surface area contributed by atoms with E-state index < -0.39 is 59.8 Å². The van der Waals surface area contributed by atoms with E-state index in [9.17, 15) is 24.0 Å². The maximum atomic E-state index is 13.6. The van der Waals surface area contributed by atoms with Gasteiger partial charge in [-0.2, -0.15) is 0 Å². The first-order valence-corrected chi connectivity index (χ1v) is 15.8. The van der Waals surface area contributed by atoms with Crippen LogP contribution in [0.2, 0.25) is 0 Å². The Labute approximate surface area is 271 Å². The number of methoxy groups -OCH3 is 1. The summed E-state index contributed by atoms with van der Waals surface area (Å²) in [5, 5.41) is 11.1. The lowest BCUT2D eigenvalue weighted by molar-refractivity contribution is -0.145. The average Bonchev–Trinajstić information content (AvgIpc) is 3.51. The fourth-order valence-corrected chi connectivity index (χ4v) is 4.92. The van der Waals surface area contributed by atoms with Crippen molar-refractivity contribution in [3.63, 3.8) is 0 Å². The lowest BCUT2D eigenvalue weighted by Crippen LogP contribution is -2.60. The standard InChI is InChI=1S/C33H51N7O6/c1-19(2)13-25(37-29(41)24(34)16-23-17-35-18-36-23)30(42)38-26(14-20(3)4)31(43)40-28(21(5)6)32(44)39-27(33(45)46-7)15-22-11-9-8-10-12-22/h8-12,17-21,24-28H,13-16,34H2,1-7H3,(H,35,36)(H,37,41)(H,38,42)(H,39,44)(H,40,43). The fraction of sp³-hybridized carbons (Fsp3) is 0.576. The van der Waals surface area contributed by atoms with Crippen LogP contribution in [0.25, 0.3) is 0 Å². The van der Waals surface area contributed by atoms with Crippen molar-refractivity contribution in [2.45, 2.75) is 97.4 Å². The second kappa shape index (κ2) is 18.6. The van der Waals surface area contributed by atoms with Gasteiger partial charge in [-0.15, -0.1) is 0 Å². The molecule has 0 bridgehead atoms. The van der Waals surface area contributed by atoms with Crippen LogP contribution in [0.15, 0.2) is 42.9 Å². The molecule has 2 rings (SSSR count). The molecule has 0 fully saturated rings. The van der Waals surface area contributed by atoms with Crippen LogP contribution in [0.1, 0.15) is 65.6 Å². The van der Waals surface area contributed by atoms with Crippen molar-refractivity contribution in [2.24, 2.45) is 23.5 Å². The number of aromatic amines is 1. The van der Waals surface area contributed by atoms with Crippen LogP contribution in [-0.4, -0.2) is 76.9 Å². The van der Waals surface area contributed by atoms with Gasteiger partial charge >= 0.3 is 5.97 Å². The van der Waals surface area contributed by atoms with Crippen LogP contribution in [0, 0.1) is 17.8 Å². The molecule has 0 radical (unpaired) electrons. The number of amides is 4. The van der Waals surface area contributed by atoms with E-state index in [1.165, 1.54) is 13.4 Å². The van der Waals surface area contributed by atoms with E-state index in [0.29, 0.717) is 12.1 Å². The summed E-state index contributed by atoms with van der Waals surface area (Å²) < 4.78 is 4.92. The van der Waals surface area contributed by atoms with Crippen molar-refractivity contribution < 1.29 is 28.7 Å². The smallest absolute Gasteiger partial charge is 0.328 e. The van der Waals surface area contributed by atoms with Crippen molar-refractivity contribution in [1.29, 1.82) is 0 Å². The zero-order valence-corrected chi connectivity index (χ0v) is 28.0. The lowest BCUT2D eigenvalue weighted by Gasteiger charge is -2.29. The molecule has 5 atom stereocenters. The number of nitrogens with two attached hydrogens (primary N) is 1. The van der Waals surface area contributed by atoms with E-state index >= 15 is 0 Å². The predicted octanol–water partition coefficient (Wildman–Crippen LogP) is 1.38. The van der Waals surface area contributed by atoms with E-state index in [1.54, 1.807) is 20.0 Å². The van der Waals surface area contributed by atoms with Crippen LogP contribution in [-0.2, 0) is 41.6 Å². The molecule has 0 saturated carbocycles. The van der Waals surface area contributed by atoms with Gasteiger partial charge in [0.2, 0.25) is 23.6 Å². The van der Waals surface area contributed by atoms with Gasteiger partial charge in [-0.05, 0) is 36.2 Å². The zero-order chi connectivity index (χ0) is 34.4. The van der Waals surface area contributed by atoms with Crippen molar-refractivity contribution in [2.75, 3.05) is 7.11 Å². The van der Waals surface area contributed by atoms with E-state index in [2.05, 4.69) is 31.2 Å². The Balaban J connectivity index is 2.17. The van der Waals surface area contributed by atoms with Gasteiger partial charge in [-0.25, -0.2) is 9.78 Å². The lowest BCUT2D eigenvalue weighted by atomic mass is 9.98. The number of benzene rings is 1. The number of carbonyl (C=O) groups is 5. The number of nitrogens with one attached hydrogen (secondary N) is 5. The number of H-pyrrole nitrogens is 1. The first-order valence-electron chi connectivity index (χ1n) is 15.8. The minimum Gasteiger partial charge on any atom is -0.467 e. The average molecular weight is 642 g/mol. The normalized spacial score (nSPS) is 14.6. The highest BCUT2D eigenvalue weighted by Gasteiger charge is 2.34. The molecule has 7 N–H and O–H groups in total. The Bertz CT molecular complexity index is 1270. The van der Waals surface area contributed by atoms with Gasteiger partial charge in [0.15, 0.2) is 0 Å². The molecule has 1 heterocycles. The summed E-state index contributed by atoms with van der Waals surface area (Å²) in [6, 6.07) is 4.37. The van der Waals surface area contributed by atoms with Gasteiger partial charge in [0.1, 0.15) is 24.2 Å². The molecule has 0 aliphatic carbocycles. The summed E-state index contributed by atoms with van der Waals surface area (Å²) in [6.45, 7) is 11.2. The van der Waals surface area contributed by atoms with Crippen molar-refractivity contribution in [1.82, 2.24) is 31.2 Å². The first-order chi connectivity index (χ1) is 21.7. The molecular weight excluding hydrogens is 590 g/mol. The zero-order valence-electron chi connectivity index (χ0n) is 28.0. The highest BCUT2D eigenvalue weighted by atomic mass is 16.5. The maximum absolute atomic E-state index is 13.6. The third kappa shape index (κ3) is 12.6. The number of carbonyl (C=O) groups excluding carboxylic acids is 5. The highest BCUT2D eigenvalue weighted by Crippen LogP contribution is 2.12. The molecule has 5 unspecified atom stereocenters. The quantitative estimate of drug-likeness (QED) is 0.131. The van der Waals surface area contributed by atoms with Crippen LogP contribution in [0.3, 0.4) is 0 Å². The van der Waals surface area contributed by atoms with E-state index in [1.807, 2.05) is 58.0 Å². The number of esters is 1. The highest BCUT2D eigenvalue weighted by molar-refractivity contribution is 5.95. The first kappa shape index (κ1) is 37.9. The monoisotopic (exact) mass is 641 g/mol. The van der Waals surface area contributed by atoms with Crippen molar-refractivity contribution in [3.8, 4) is 0 Å². The molecule has 0 spiro atoms. The molecule has 4 amide bonds. The SMILES string of the molecule is COC(=O)C(Cc1ccccc1)NC(=O)C(NC(=O)C(CC(C)C)NC(=O)C(CC(C)C)NC(=O)C(N)Cc1cnc[nH]1)C(C)C. The number of hydrogen-bond donors (Lipinski definition) is 6. The second-order valence-electron chi connectivity index (χ2n) is 12.8. The predicted molar refractivity (Wildman–Crippen MR) is 174 cm³/mol. The fourth-order valence-electron chi connectivity index (χ4n) is 4.92. The summed E-state index contributed by atoms with van der Waals surface area (Å²) >= 11 is 0. The molecule has 13 nitrogen and oxygen atoms in total. The topological polar surface area (TPSA) is 197 Å².